The molecular weight excluding hydrogens is 232 g/mol. The molecule has 17 heavy (non-hydrogen) atoms. The van der Waals surface area contributed by atoms with Crippen molar-refractivity contribution in [2.24, 2.45) is 11.7 Å². The Labute approximate surface area is 106 Å². The predicted octanol–water partition coefficient (Wildman–Crippen LogP) is 1.24. The Balaban J connectivity index is 1.71. The zero-order valence-electron chi connectivity index (χ0n) is 10.1. The molecule has 0 aliphatic carbocycles. The lowest BCUT2D eigenvalue weighted by Crippen LogP contribution is -2.31. The van der Waals surface area contributed by atoms with Crippen LogP contribution in [0, 0.1) is 5.92 Å². The van der Waals surface area contributed by atoms with Crippen LogP contribution in [-0.2, 0) is 19.4 Å². The van der Waals surface area contributed by atoms with Crippen molar-refractivity contribution in [3.63, 3.8) is 0 Å². The largest absolute Gasteiger partial charge is 0.327 e. The average molecular weight is 252 g/mol. The molecular formula is C12H20N4S. The fourth-order valence-corrected chi connectivity index (χ4v) is 3.98. The van der Waals surface area contributed by atoms with Crippen LogP contribution in [0.5, 0.6) is 0 Å². The highest BCUT2D eigenvalue weighted by molar-refractivity contribution is 7.99. The van der Waals surface area contributed by atoms with Gasteiger partial charge in [-0.05, 0) is 36.7 Å². The van der Waals surface area contributed by atoms with Crippen LogP contribution in [-0.4, -0.2) is 32.3 Å². The Hall–Kier alpha value is -0.550. The summed E-state index contributed by atoms with van der Waals surface area (Å²) in [5.41, 5.74) is 5.96. The molecule has 94 valence electrons. The number of thioether (sulfide) groups is 1. The average Bonchev–Trinajstić information content (AvgIpc) is 2.73. The Morgan fingerprint density at radius 2 is 2.06 bits per heavy atom. The summed E-state index contributed by atoms with van der Waals surface area (Å²) in [4.78, 5) is 0. The van der Waals surface area contributed by atoms with E-state index >= 15 is 0 Å². The topological polar surface area (TPSA) is 56.7 Å². The molecule has 2 N–H and O–H groups in total. The Morgan fingerprint density at radius 1 is 1.24 bits per heavy atom. The molecule has 1 aromatic heterocycles. The Kier molecular flexibility index (Phi) is 3.38. The number of rotatable bonds is 2. The van der Waals surface area contributed by atoms with Gasteiger partial charge in [-0.15, -0.1) is 10.2 Å². The number of aromatic nitrogens is 3. The molecule has 0 radical (unpaired) electrons. The summed E-state index contributed by atoms with van der Waals surface area (Å²) in [6.07, 6.45) is 5.76. The number of nitrogens with two attached hydrogens (primary N) is 1. The lowest BCUT2D eigenvalue weighted by atomic mass is 9.98. The third-order valence-electron chi connectivity index (χ3n) is 3.88. The molecule has 0 spiro atoms. The minimum Gasteiger partial charge on any atom is -0.327 e. The SMILES string of the molecule is NC1CCn2c(nnc2CC2CCSCC2)C1. The van der Waals surface area contributed by atoms with Crippen molar-refractivity contribution in [1.29, 1.82) is 0 Å². The monoisotopic (exact) mass is 252 g/mol. The van der Waals surface area contributed by atoms with Gasteiger partial charge in [-0.2, -0.15) is 11.8 Å². The second kappa shape index (κ2) is 4.98. The molecule has 2 aliphatic heterocycles. The van der Waals surface area contributed by atoms with Crippen LogP contribution in [0.1, 0.15) is 30.9 Å². The predicted molar refractivity (Wildman–Crippen MR) is 70.1 cm³/mol. The molecule has 2 aliphatic rings. The van der Waals surface area contributed by atoms with E-state index in [-0.39, 0.29) is 6.04 Å². The van der Waals surface area contributed by atoms with E-state index in [9.17, 15) is 0 Å². The van der Waals surface area contributed by atoms with E-state index in [0.29, 0.717) is 0 Å². The van der Waals surface area contributed by atoms with Gasteiger partial charge in [0.2, 0.25) is 0 Å². The fraction of sp³-hybridized carbons (Fsp3) is 0.833. The first-order chi connectivity index (χ1) is 8.33. The molecule has 0 saturated carbocycles. The normalized spacial score (nSPS) is 25.8. The van der Waals surface area contributed by atoms with Gasteiger partial charge in [0, 0.05) is 25.4 Å². The van der Waals surface area contributed by atoms with Crippen LogP contribution in [0.4, 0.5) is 0 Å². The molecule has 4 nitrogen and oxygen atoms in total. The standard InChI is InChI=1S/C12H20N4S/c13-10-1-4-16-11(14-15-12(16)8-10)7-9-2-5-17-6-3-9/h9-10H,1-8,13H2. The van der Waals surface area contributed by atoms with Crippen molar-refractivity contribution in [2.75, 3.05) is 11.5 Å². The number of nitrogens with zero attached hydrogens (tertiary/aromatic N) is 3. The van der Waals surface area contributed by atoms with Gasteiger partial charge in [-0.1, -0.05) is 0 Å². The Bertz CT molecular complexity index is 384. The molecule has 1 saturated heterocycles. The van der Waals surface area contributed by atoms with E-state index in [1.807, 2.05) is 0 Å². The van der Waals surface area contributed by atoms with Crippen molar-refractivity contribution in [1.82, 2.24) is 14.8 Å². The van der Waals surface area contributed by atoms with Crippen LogP contribution in [0.15, 0.2) is 0 Å². The molecule has 3 heterocycles. The quantitative estimate of drug-likeness (QED) is 0.860. The van der Waals surface area contributed by atoms with Gasteiger partial charge in [0.25, 0.3) is 0 Å². The summed E-state index contributed by atoms with van der Waals surface area (Å²) in [7, 11) is 0. The van der Waals surface area contributed by atoms with Gasteiger partial charge in [0.15, 0.2) is 0 Å². The van der Waals surface area contributed by atoms with Crippen LogP contribution in [0.25, 0.3) is 0 Å². The lowest BCUT2D eigenvalue weighted by Gasteiger charge is -2.23. The van der Waals surface area contributed by atoms with Crippen LogP contribution >= 0.6 is 11.8 Å². The zero-order valence-corrected chi connectivity index (χ0v) is 11.0. The molecule has 1 unspecified atom stereocenters. The van der Waals surface area contributed by atoms with Crippen molar-refractivity contribution in [2.45, 2.75) is 44.7 Å². The van der Waals surface area contributed by atoms with Crippen molar-refractivity contribution < 1.29 is 0 Å². The summed E-state index contributed by atoms with van der Waals surface area (Å²) >= 11 is 2.08. The molecule has 0 bridgehead atoms. The van der Waals surface area contributed by atoms with E-state index in [1.54, 1.807) is 0 Å². The summed E-state index contributed by atoms with van der Waals surface area (Å²) < 4.78 is 2.31. The van der Waals surface area contributed by atoms with Gasteiger partial charge >= 0.3 is 0 Å². The first kappa shape index (κ1) is 11.5. The number of hydrogen-bond acceptors (Lipinski definition) is 4. The van der Waals surface area contributed by atoms with Crippen LogP contribution < -0.4 is 5.73 Å². The number of hydrogen-bond donors (Lipinski definition) is 1. The zero-order chi connectivity index (χ0) is 11.7. The second-order valence-corrected chi connectivity index (χ2v) is 6.42. The first-order valence-electron chi connectivity index (χ1n) is 6.57. The van der Waals surface area contributed by atoms with Crippen LogP contribution in [0.2, 0.25) is 0 Å². The van der Waals surface area contributed by atoms with Crippen LogP contribution in [0.3, 0.4) is 0 Å². The molecule has 1 fully saturated rings. The maximum atomic E-state index is 5.96. The van der Waals surface area contributed by atoms with E-state index in [4.69, 9.17) is 5.73 Å². The Morgan fingerprint density at radius 3 is 2.88 bits per heavy atom. The summed E-state index contributed by atoms with van der Waals surface area (Å²) in [6, 6.07) is 0.283. The maximum Gasteiger partial charge on any atom is 0.134 e. The molecule has 1 atom stereocenters. The third kappa shape index (κ3) is 2.50. The van der Waals surface area contributed by atoms with Crippen molar-refractivity contribution in [3.8, 4) is 0 Å². The van der Waals surface area contributed by atoms with Gasteiger partial charge in [0.1, 0.15) is 11.6 Å². The molecule has 3 rings (SSSR count). The lowest BCUT2D eigenvalue weighted by molar-refractivity contribution is 0.426. The molecule has 5 heteroatoms. The van der Waals surface area contributed by atoms with Gasteiger partial charge in [0.05, 0.1) is 0 Å². The van der Waals surface area contributed by atoms with E-state index in [2.05, 4.69) is 26.5 Å². The van der Waals surface area contributed by atoms with Gasteiger partial charge in [-0.3, -0.25) is 0 Å². The minimum absolute atomic E-state index is 0.283. The summed E-state index contributed by atoms with van der Waals surface area (Å²) in [5.74, 6) is 5.75. The van der Waals surface area contributed by atoms with E-state index < -0.39 is 0 Å². The van der Waals surface area contributed by atoms with Crippen molar-refractivity contribution >= 4 is 11.8 Å². The highest BCUT2D eigenvalue weighted by Gasteiger charge is 2.23. The minimum atomic E-state index is 0.283. The maximum absolute atomic E-state index is 5.96. The fourth-order valence-electron chi connectivity index (χ4n) is 2.77. The number of fused-ring (bicyclic) bond motifs is 1. The molecule has 0 aromatic carbocycles. The highest BCUT2D eigenvalue weighted by atomic mass is 32.2. The van der Waals surface area contributed by atoms with E-state index in [0.717, 1.165) is 37.5 Å². The van der Waals surface area contributed by atoms with Gasteiger partial charge < -0.3 is 10.3 Å². The first-order valence-corrected chi connectivity index (χ1v) is 7.72. The molecule has 1 aromatic rings. The highest BCUT2D eigenvalue weighted by Crippen LogP contribution is 2.26. The molecule has 0 amide bonds. The third-order valence-corrected chi connectivity index (χ3v) is 4.93. The van der Waals surface area contributed by atoms with Crippen molar-refractivity contribution in [3.05, 3.63) is 11.6 Å². The second-order valence-electron chi connectivity index (χ2n) is 5.20. The summed E-state index contributed by atoms with van der Waals surface area (Å²) in [6.45, 7) is 1.01. The smallest absolute Gasteiger partial charge is 0.134 e. The summed E-state index contributed by atoms with van der Waals surface area (Å²) in [5, 5.41) is 8.68. The van der Waals surface area contributed by atoms with Gasteiger partial charge in [-0.25, -0.2) is 0 Å². The van der Waals surface area contributed by atoms with E-state index in [1.165, 1.54) is 30.2 Å².